The van der Waals surface area contributed by atoms with Crippen molar-refractivity contribution in [2.24, 2.45) is 0 Å². The van der Waals surface area contributed by atoms with Crippen molar-refractivity contribution >= 4 is 31.6 Å². The molecule has 9 heteroatoms. The average molecular weight is 389 g/mol. The Balaban J connectivity index is 3.01. The van der Waals surface area contributed by atoms with Crippen LogP contribution in [0.25, 0.3) is 0 Å². The number of rotatable bonds is 6. The zero-order chi connectivity index (χ0) is 16.3. The standard InChI is InChI=1S/C12H16BrF3N2O2S/c1-3-17-7-8(2)21(19,20)18-11-6-9(12(14,15)16)4-5-10(11)13/h4-6,8,17-18H,3,7H2,1-2H3. The second-order valence-corrected chi connectivity index (χ2v) is 7.41. The van der Waals surface area contributed by atoms with E-state index in [0.29, 0.717) is 6.54 Å². The molecule has 0 spiro atoms. The van der Waals surface area contributed by atoms with E-state index in [9.17, 15) is 21.6 Å². The Hall–Kier alpha value is -0.800. The number of nitrogens with one attached hydrogen (secondary N) is 2. The SMILES string of the molecule is CCNCC(C)S(=O)(=O)Nc1cc(C(F)(F)F)ccc1Br. The minimum absolute atomic E-state index is 0.131. The van der Waals surface area contributed by atoms with Crippen molar-refractivity contribution in [2.45, 2.75) is 25.3 Å². The van der Waals surface area contributed by atoms with Crippen molar-refractivity contribution in [3.05, 3.63) is 28.2 Å². The van der Waals surface area contributed by atoms with Crippen LogP contribution in [-0.2, 0) is 16.2 Å². The molecule has 0 saturated carbocycles. The molecule has 0 saturated heterocycles. The van der Waals surface area contributed by atoms with Gasteiger partial charge in [-0.05, 0) is 47.6 Å². The predicted octanol–water partition coefficient (Wildman–Crippen LogP) is 3.21. The lowest BCUT2D eigenvalue weighted by Crippen LogP contribution is -2.34. The molecule has 0 heterocycles. The monoisotopic (exact) mass is 388 g/mol. The van der Waals surface area contributed by atoms with Crippen LogP contribution in [0.4, 0.5) is 18.9 Å². The predicted molar refractivity (Wildman–Crippen MR) is 79.7 cm³/mol. The Kier molecular flexibility index (Phi) is 6.06. The molecular formula is C12H16BrF3N2O2S. The second-order valence-electron chi connectivity index (χ2n) is 4.46. The fraction of sp³-hybridized carbons (Fsp3) is 0.500. The van der Waals surface area contributed by atoms with E-state index in [-0.39, 0.29) is 16.7 Å². The highest BCUT2D eigenvalue weighted by Crippen LogP contribution is 2.34. The molecule has 1 unspecified atom stereocenters. The first kappa shape index (κ1) is 18.2. The third-order valence-corrected chi connectivity index (χ3v) is 5.18. The molecule has 1 rings (SSSR count). The number of anilines is 1. The molecule has 0 aromatic heterocycles. The lowest BCUT2D eigenvalue weighted by Gasteiger charge is -2.17. The smallest absolute Gasteiger partial charge is 0.316 e. The van der Waals surface area contributed by atoms with Gasteiger partial charge < -0.3 is 5.32 Å². The summed E-state index contributed by atoms with van der Waals surface area (Å²) >= 11 is 3.04. The summed E-state index contributed by atoms with van der Waals surface area (Å²) in [5.74, 6) is 0. The van der Waals surface area contributed by atoms with Crippen LogP contribution in [0.15, 0.2) is 22.7 Å². The molecule has 0 fully saturated rings. The molecule has 0 bridgehead atoms. The van der Waals surface area contributed by atoms with Crippen LogP contribution in [0, 0.1) is 0 Å². The Labute approximate surface area is 130 Å². The minimum atomic E-state index is -4.53. The topological polar surface area (TPSA) is 58.2 Å². The van der Waals surface area contributed by atoms with Crippen molar-refractivity contribution in [1.82, 2.24) is 5.32 Å². The third kappa shape index (κ3) is 5.15. The number of hydrogen-bond donors (Lipinski definition) is 2. The molecule has 21 heavy (non-hydrogen) atoms. The van der Waals surface area contributed by atoms with E-state index in [1.54, 1.807) is 0 Å². The van der Waals surface area contributed by atoms with Gasteiger partial charge in [0.2, 0.25) is 10.0 Å². The second kappa shape index (κ2) is 6.97. The molecule has 0 aliphatic rings. The lowest BCUT2D eigenvalue weighted by molar-refractivity contribution is -0.137. The lowest BCUT2D eigenvalue weighted by atomic mass is 10.2. The first-order chi connectivity index (χ1) is 9.58. The van der Waals surface area contributed by atoms with Gasteiger partial charge in [-0.25, -0.2) is 8.42 Å². The molecule has 0 aliphatic carbocycles. The number of hydrogen-bond acceptors (Lipinski definition) is 3. The molecule has 0 aliphatic heterocycles. The van der Waals surface area contributed by atoms with Gasteiger partial charge in [-0.2, -0.15) is 13.2 Å². The van der Waals surface area contributed by atoms with Gasteiger partial charge in [0.1, 0.15) is 0 Å². The Morgan fingerprint density at radius 2 is 1.95 bits per heavy atom. The zero-order valence-electron chi connectivity index (χ0n) is 11.5. The van der Waals surface area contributed by atoms with E-state index in [4.69, 9.17) is 0 Å². The molecule has 2 N–H and O–H groups in total. The van der Waals surface area contributed by atoms with Crippen molar-refractivity contribution < 1.29 is 21.6 Å². The van der Waals surface area contributed by atoms with Crippen LogP contribution in [0.1, 0.15) is 19.4 Å². The van der Waals surface area contributed by atoms with Crippen molar-refractivity contribution in [1.29, 1.82) is 0 Å². The highest BCUT2D eigenvalue weighted by molar-refractivity contribution is 9.10. The molecule has 120 valence electrons. The van der Waals surface area contributed by atoms with E-state index < -0.39 is 27.0 Å². The summed E-state index contributed by atoms with van der Waals surface area (Å²) in [6.45, 7) is 4.12. The maximum atomic E-state index is 12.7. The van der Waals surface area contributed by atoms with Gasteiger partial charge in [0.25, 0.3) is 0 Å². The Bertz CT molecular complexity index is 591. The van der Waals surface area contributed by atoms with Gasteiger partial charge in [0.05, 0.1) is 16.5 Å². The van der Waals surface area contributed by atoms with Crippen molar-refractivity contribution in [3.63, 3.8) is 0 Å². The van der Waals surface area contributed by atoms with Gasteiger partial charge in [-0.15, -0.1) is 0 Å². The number of alkyl halides is 3. The number of halogens is 4. The van der Waals surface area contributed by atoms with Crippen LogP contribution >= 0.6 is 15.9 Å². The highest BCUT2D eigenvalue weighted by atomic mass is 79.9. The molecule has 1 aromatic carbocycles. The van der Waals surface area contributed by atoms with Crippen LogP contribution < -0.4 is 10.0 Å². The highest BCUT2D eigenvalue weighted by Gasteiger charge is 2.31. The normalized spacial score (nSPS) is 14.0. The first-order valence-corrected chi connectivity index (χ1v) is 8.51. The summed E-state index contributed by atoms with van der Waals surface area (Å²) in [4.78, 5) is 0. The maximum Gasteiger partial charge on any atom is 0.416 e. The minimum Gasteiger partial charge on any atom is -0.316 e. The Morgan fingerprint density at radius 1 is 1.33 bits per heavy atom. The van der Waals surface area contributed by atoms with Crippen LogP contribution in [0.2, 0.25) is 0 Å². The van der Waals surface area contributed by atoms with Gasteiger partial charge in [0.15, 0.2) is 0 Å². The van der Waals surface area contributed by atoms with Crippen LogP contribution in [0.3, 0.4) is 0 Å². The first-order valence-electron chi connectivity index (χ1n) is 6.17. The van der Waals surface area contributed by atoms with E-state index >= 15 is 0 Å². The summed E-state index contributed by atoms with van der Waals surface area (Å²) in [5.41, 5.74) is -1.05. The van der Waals surface area contributed by atoms with E-state index in [2.05, 4.69) is 26.0 Å². The van der Waals surface area contributed by atoms with Gasteiger partial charge in [-0.1, -0.05) is 6.92 Å². The zero-order valence-corrected chi connectivity index (χ0v) is 13.9. The fourth-order valence-electron chi connectivity index (χ4n) is 1.49. The summed E-state index contributed by atoms with van der Waals surface area (Å²) in [6.07, 6.45) is -4.53. The van der Waals surface area contributed by atoms with E-state index in [0.717, 1.165) is 18.2 Å². The summed E-state index contributed by atoms with van der Waals surface area (Å²) in [6, 6.07) is 2.81. The molecular weight excluding hydrogens is 373 g/mol. The molecule has 1 aromatic rings. The van der Waals surface area contributed by atoms with Gasteiger partial charge in [0, 0.05) is 11.0 Å². The van der Waals surface area contributed by atoms with E-state index in [1.165, 1.54) is 6.92 Å². The van der Waals surface area contributed by atoms with Crippen LogP contribution in [0.5, 0.6) is 0 Å². The molecule has 0 radical (unpaired) electrons. The van der Waals surface area contributed by atoms with Gasteiger partial charge in [-0.3, -0.25) is 4.72 Å². The van der Waals surface area contributed by atoms with Crippen LogP contribution in [-0.4, -0.2) is 26.8 Å². The fourth-order valence-corrected chi connectivity index (χ4v) is 2.98. The maximum absolute atomic E-state index is 12.7. The third-order valence-electron chi connectivity index (χ3n) is 2.76. The molecule has 4 nitrogen and oxygen atoms in total. The van der Waals surface area contributed by atoms with E-state index in [1.807, 2.05) is 6.92 Å². The summed E-state index contributed by atoms with van der Waals surface area (Å²) in [5, 5.41) is 2.10. The van der Waals surface area contributed by atoms with Crippen molar-refractivity contribution in [3.8, 4) is 0 Å². The quantitative estimate of drug-likeness (QED) is 0.786. The molecule has 1 atom stereocenters. The number of benzene rings is 1. The van der Waals surface area contributed by atoms with Crippen molar-refractivity contribution in [2.75, 3.05) is 17.8 Å². The number of sulfonamides is 1. The average Bonchev–Trinajstić information content (AvgIpc) is 2.36. The largest absolute Gasteiger partial charge is 0.416 e. The Morgan fingerprint density at radius 3 is 2.48 bits per heavy atom. The summed E-state index contributed by atoms with van der Waals surface area (Å²) < 4.78 is 64.5. The van der Waals surface area contributed by atoms with Gasteiger partial charge >= 0.3 is 6.18 Å². The summed E-state index contributed by atoms with van der Waals surface area (Å²) in [7, 11) is -3.78. The molecule has 0 amide bonds.